The lowest BCUT2D eigenvalue weighted by Gasteiger charge is -2.25. The number of hydrogen-bond donors (Lipinski definition) is 1. The number of anilines is 1. The molecule has 6 nitrogen and oxygen atoms in total. The molecule has 2 atom stereocenters. The fourth-order valence-corrected chi connectivity index (χ4v) is 5.55. The monoisotopic (exact) mass is 526 g/mol. The number of hydrogen-bond acceptors (Lipinski definition) is 4. The maximum absolute atomic E-state index is 15.1. The van der Waals surface area contributed by atoms with Gasteiger partial charge in [-0.1, -0.05) is 45.9 Å². The first-order valence-corrected chi connectivity index (χ1v) is 13.4. The van der Waals surface area contributed by atoms with Crippen molar-refractivity contribution in [2.24, 2.45) is 0 Å². The molecule has 196 valence electrons. The summed E-state index contributed by atoms with van der Waals surface area (Å²) in [5, 5.41) is 7.30. The van der Waals surface area contributed by atoms with Crippen LogP contribution in [0.1, 0.15) is 63.1 Å². The lowest BCUT2D eigenvalue weighted by atomic mass is 9.87. The minimum absolute atomic E-state index is 0.0529. The lowest BCUT2D eigenvalue weighted by molar-refractivity contribution is -0.123. The van der Waals surface area contributed by atoms with Gasteiger partial charge in [0.05, 0.1) is 22.4 Å². The van der Waals surface area contributed by atoms with E-state index in [1.807, 2.05) is 34.6 Å². The van der Waals surface area contributed by atoms with Crippen molar-refractivity contribution in [3.05, 3.63) is 77.0 Å². The van der Waals surface area contributed by atoms with Crippen LogP contribution in [0.4, 0.5) is 14.6 Å². The normalized spacial score (nSPS) is 16.8. The number of carbonyl (C=O) groups excluding carboxylic acids is 2. The van der Waals surface area contributed by atoms with Crippen molar-refractivity contribution in [1.82, 2.24) is 15.1 Å². The molecule has 0 aliphatic carbocycles. The number of benzene rings is 2. The molecule has 2 aromatic carbocycles. The summed E-state index contributed by atoms with van der Waals surface area (Å²) in [4.78, 5) is 28.0. The molecule has 1 aliphatic heterocycles. The molecule has 9 heteroatoms. The molecule has 0 saturated carbocycles. The molecular formula is C28H32F2N4O2S. The Bertz CT molecular complexity index is 1300. The zero-order chi connectivity index (χ0) is 26.9. The average molecular weight is 527 g/mol. The van der Waals surface area contributed by atoms with Crippen LogP contribution < -0.4 is 10.2 Å². The predicted octanol–water partition coefficient (Wildman–Crippen LogP) is 5.53. The fourth-order valence-electron chi connectivity index (χ4n) is 4.33. The van der Waals surface area contributed by atoms with Gasteiger partial charge >= 0.3 is 0 Å². The number of carbonyl (C=O) groups is 2. The number of amides is 2. The summed E-state index contributed by atoms with van der Waals surface area (Å²) in [5.74, 6) is -0.911. The topological polar surface area (TPSA) is 67.2 Å². The van der Waals surface area contributed by atoms with Crippen LogP contribution in [0.5, 0.6) is 0 Å². The third-order valence-electron chi connectivity index (χ3n) is 6.38. The van der Waals surface area contributed by atoms with Gasteiger partial charge in [-0.25, -0.2) is 13.5 Å². The first-order chi connectivity index (χ1) is 17.5. The number of aromatic nitrogens is 2. The van der Waals surface area contributed by atoms with Gasteiger partial charge in [0.15, 0.2) is 0 Å². The summed E-state index contributed by atoms with van der Waals surface area (Å²) < 4.78 is 30.5. The van der Waals surface area contributed by atoms with Crippen LogP contribution in [0.15, 0.2) is 48.5 Å². The van der Waals surface area contributed by atoms with E-state index < -0.39 is 16.5 Å². The van der Waals surface area contributed by atoms with Crippen molar-refractivity contribution >= 4 is 29.4 Å². The molecular weight excluding hydrogens is 494 g/mol. The van der Waals surface area contributed by atoms with Gasteiger partial charge in [0.2, 0.25) is 11.8 Å². The van der Waals surface area contributed by atoms with Gasteiger partial charge in [0, 0.05) is 22.6 Å². The average Bonchev–Trinajstić information content (AvgIpc) is 3.18. The molecule has 1 aliphatic rings. The Hall–Kier alpha value is -3.20. The van der Waals surface area contributed by atoms with E-state index in [0.717, 1.165) is 6.42 Å². The van der Waals surface area contributed by atoms with Crippen LogP contribution >= 0.6 is 11.8 Å². The summed E-state index contributed by atoms with van der Waals surface area (Å²) in [6.07, 6.45) is 0.748. The van der Waals surface area contributed by atoms with Gasteiger partial charge in [0.25, 0.3) is 0 Å². The number of thioether (sulfide) groups is 1. The van der Waals surface area contributed by atoms with Crippen molar-refractivity contribution in [2.45, 2.75) is 57.7 Å². The Morgan fingerprint density at radius 3 is 2.46 bits per heavy atom. The lowest BCUT2D eigenvalue weighted by Crippen LogP contribution is -2.44. The highest BCUT2D eigenvalue weighted by molar-refractivity contribution is 8.00. The maximum Gasteiger partial charge on any atom is 0.240 e. The standard InChI is InChI=1S/C28H32F2N4O2S/c1-6-17(2)31-22(35)15-33-23(36)16-37-25(20-9-7-8-10-21(20)30)24-26(28(3,4)5)32-34(27(24)33)19-13-11-18(29)12-14-19/h7-14,17,25H,6,15-16H2,1-5H3,(H,31,35)/t17-,25+/m1/s1. The van der Waals surface area contributed by atoms with E-state index in [2.05, 4.69) is 5.32 Å². The Kier molecular flexibility index (Phi) is 7.73. The van der Waals surface area contributed by atoms with Gasteiger partial charge < -0.3 is 5.32 Å². The maximum atomic E-state index is 15.1. The van der Waals surface area contributed by atoms with Gasteiger partial charge in [-0.2, -0.15) is 5.10 Å². The third kappa shape index (κ3) is 5.56. The first kappa shape index (κ1) is 26.9. The molecule has 37 heavy (non-hydrogen) atoms. The van der Waals surface area contributed by atoms with Crippen molar-refractivity contribution in [1.29, 1.82) is 0 Å². The molecule has 3 aromatic rings. The molecule has 0 fully saturated rings. The summed E-state index contributed by atoms with van der Waals surface area (Å²) in [6.45, 7) is 9.66. The predicted molar refractivity (Wildman–Crippen MR) is 143 cm³/mol. The number of nitrogens with zero attached hydrogens (tertiary/aromatic N) is 3. The summed E-state index contributed by atoms with van der Waals surface area (Å²) >= 11 is 1.32. The quantitative estimate of drug-likeness (QED) is 0.459. The second-order valence-electron chi connectivity index (χ2n) is 10.3. The fraction of sp³-hybridized carbons (Fsp3) is 0.393. The number of fused-ring (bicyclic) bond motifs is 1. The van der Waals surface area contributed by atoms with Crippen LogP contribution in [-0.2, 0) is 15.0 Å². The highest BCUT2D eigenvalue weighted by atomic mass is 32.2. The molecule has 4 rings (SSSR count). The van der Waals surface area contributed by atoms with Gasteiger partial charge in [-0.3, -0.25) is 14.5 Å². The molecule has 0 saturated heterocycles. The van der Waals surface area contributed by atoms with Crippen molar-refractivity contribution in [2.75, 3.05) is 17.2 Å². The number of rotatable bonds is 6. The van der Waals surface area contributed by atoms with Crippen LogP contribution in [0.25, 0.3) is 5.69 Å². The first-order valence-electron chi connectivity index (χ1n) is 12.4. The van der Waals surface area contributed by atoms with Crippen molar-refractivity contribution in [3.8, 4) is 5.69 Å². The SMILES string of the molecule is CC[C@@H](C)NC(=O)CN1C(=O)CS[C@@H](c2ccccc2F)c2c(C(C)(C)C)nn(-c3ccc(F)cc3)c21. The summed E-state index contributed by atoms with van der Waals surface area (Å²) in [5.41, 5.74) is 1.85. The Labute approximate surface area is 220 Å². The van der Waals surface area contributed by atoms with Crippen LogP contribution in [0.3, 0.4) is 0 Å². The number of halogens is 2. The molecule has 1 aromatic heterocycles. The molecule has 0 bridgehead atoms. The summed E-state index contributed by atoms with van der Waals surface area (Å²) in [7, 11) is 0. The highest BCUT2D eigenvalue weighted by Crippen LogP contribution is 2.48. The van der Waals surface area contributed by atoms with E-state index in [4.69, 9.17) is 5.10 Å². The van der Waals surface area contributed by atoms with Crippen molar-refractivity contribution in [3.63, 3.8) is 0 Å². The van der Waals surface area contributed by atoms with E-state index in [9.17, 15) is 14.0 Å². The highest BCUT2D eigenvalue weighted by Gasteiger charge is 2.40. The zero-order valence-corrected chi connectivity index (χ0v) is 22.5. The largest absolute Gasteiger partial charge is 0.352 e. The van der Waals surface area contributed by atoms with Crippen molar-refractivity contribution < 1.29 is 18.4 Å². The molecule has 2 heterocycles. The zero-order valence-electron chi connectivity index (χ0n) is 21.7. The van der Waals surface area contributed by atoms with Crippen LogP contribution in [0, 0.1) is 11.6 Å². The Balaban J connectivity index is 1.99. The molecule has 0 spiro atoms. The molecule has 2 amide bonds. The van der Waals surface area contributed by atoms with E-state index in [1.54, 1.807) is 35.0 Å². The Morgan fingerprint density at radius 1 is 1.16 bits per heavy atom. The second-order valence-corrected chi connectivity index (χ2v) is 11.4. The molecule has 0 unspecified atom stereocenters. The third-order valence-corrected chi connectivity index (χ3v) is 7.62. The van der Waals surface area contributed by atoms with E-state index in [0.29, 0.717) is 28.3 Å². The van der Waals surface area contributed by atoms with E-state index in [1.165, 1.54) is 34.9 Å². The molecule has 0 radical (unpaired) electrons. The summed E-state index contributed by atoms with van der Waals surface area (Å²) in [6, 6.07) is 12.3. The smallest absolute Gasteiger partial charge is 0.240 e. The van der Waals surface area contributed by atoms with Crippen LogP contribution in [-0.4, -0.2) is 39.9 Å². The minimum Gasteiger partial charge on any atom is -0.352 e. The van der Waals surface area contributed by atoms with Gasteiger partial charge in [-0.15, -0.1) is 11.8 Å². The van der Waals surface area contributed by atoms with Gasteiger partial charge in [0.1, 0.15) is 24.0 Å². The van der Waals surface area contributed by atoms with E-state index in [-0.39, 0.29) is 36.0 Å². The molecule has 1 N–H and O–H groups in total. The Morgan fingerprint density at radius 2 is 1.84 bits per heavy atom. The minimum atomic E-state index is -0.536. The van der Waals surface area contributed by atoms with Gasteiger partial charge in [-0.05, 0) is 43.7 Å². The number of nitrogens with one attached hydrogen (secondary N) is 1. The van der Waals surface area contributed by atoms with E-state index >= 15 is 4.39 Å². The van der Waals surface area contributed by atoms with Crippen LogP contribution in [0.2, 0.25) is 0 Å². The second kappa shape index (κ2) is 10.7.